The molecule has 1 fully saturated rings. The summed E-state index contributed by atoms with van der Waals surface area (Å²) in [5, 5.41) is 6.87. The van der Waals surface area contributed by atoms with Gasteiger partial charge >= 0.3 is 0 Å². The van der Waals surface area contributed by atoms with Gasteiger partial charge in [-0.15, -0.1) is 0 Å². The van der Waals surface area contributed by atoms with Gasteiger partial charge in [0.05, 0.1) is 12.6 Å². The van der Waals surface area contributed by atoms with Crippen LogP contribution in [0.3, 0.4) is 0 Å². The largest absolute Gasteiger partial charge is 0.459 e. The molecule has 1 aliphatic rings. The van der Waals surface area contributed by atoms with Gasteiger partial charge in [0.2, 0.25) is 5.91 Å². The van der Waals surface area contributed by atoms with E-state index in [1.54, 1.807) is 6.07 Å². The van der Waals surface area contributed by atoms with Crippen LogP contribution in [0.15, 0.2) is 22.6 Å². The molecule has 1 saturated heterocycles. The van der Waals surface area contributed by atoms with Crippen LogP contribution in [0.5, 0.6) is 0 Å². The molecule has 0 saturated carbocycles. The summed E-state index contributed by atoms with van der Waals surface area (Å²) >= 11 is 0. The zero-order chi connectivity index (χ0) is 14.8. The van der Waals surface area contributed by atoms with Crippen molar-refractivity contribution in [3.8, 4) is 0 Å². The first-order valence-corrected chi connectivity index (χ1v) is 7.34. The first-order valence-electron chi connectivity index (χ1n) is 7.34. The molecule has 0 radical (unpaired) electrons. The molecule has 0 spiro atoms. The molecule has 21 heavy (non-hydrogen) atoms. The average Bonchev–Trinajstić information content (AvgIpc) is 2.82. The number of hydrogen-bond acceptors (Lipinski definition) is 3. The number of nitrogens with one attached hydrogen (secondary N) is 2. The number of halogens is 1. The Morgan fingerprint density at radius 3 is 3.10 bits per heavy atom. The Balaban J connectivity index is 1.70. The molecule has 5 heteroatoms. The number of furan rings is 1. The molecule has 2 N–H and O–H groups in total. The lowest BCUT2D eigenvalue weighted by atomic mass is 10.0. The fourth-order valence-electron chi connectivity index (χ4n) is 2.78. The van der Waals surface area contributed by atoms with Gasteiger partial charge < -0.3 is 15.1 Å². The number of benzene rings is 1. The van der Waals surface area contributed by atoms with Gasteiger partial charge in [0, 0.05) is 10.9 Å². The summed E-state index contributed by atoms with van der Waals surface area (Å²) in [6.45, 7) is 3.10. The van der Waals surface area contributed by atoms with E-state index in [9.17, 15) is 9.18 Å². The van der Waals surface area contributed by atoms with Gasteiger partial charge in [-0.2, -0.15) is 0 Å². The van der Waals surface area contributed by atoms with Crippen molar-refractivity contribution in [1.82, 2.24) is 10.6 Å². The van der Waals surface area contributed by atoms with E-state index in [-0.39, 0.29) is 17.8 Å². The monoisotopic (exact) mass is 290 g/mol. The highest BCUT2D eigenvalue weighted by atomic mass is 19.1. The van der Waals surface area contributed by atoms with Crippen molar-refractivity contribution in [3.63, 3.8) is 0 Å². The second-order valence-corrected chi connectivity index (χ2v) is 5.51. The highest BCUT2D eigenvalue weighted by molar-refractivity contribution is 5.83. The average molecular weight is 290 g/mol. The van der Waals surface area contributed by atoms with Crippen LogP contribution >= 0.6 is 0 Å². The molecule has 1 unspecified atom stereocenters. The number of fused-ring (bicyclic) bond motifs is 1. The van der Waals surface area contributed by atoms with Crippen LogP contribution in [0.25, 0.3) is 11.0 Å². The summed E-state index contributed by atoms with van der Waals surface area (Å²) in [7, 11) is 0. The smallest absolute Gasteiger partial charge is 0.237 e. The molecule has 1 aromatic carbocycles. The van der Waals surface area contributed by atoms with Crippen molar-refractivity contribution in [1.29, 1.82) is 0 Å². The third-order valence-corrected chi connectivity index (χ3v) is 4.05. The summed E-state index contributed by atoms with van der Waals surface area (Å²) in [5.41, 5.74) is 1.52. The third kappa shape index (κ3) is 2.93. The number of amides is 1. The molecule has 1 atom stereocenters. The zero-order valence-electron chi connectivity index (χ0n) is 12.0. The number of hydrogen-bond donors (Lipinski definition) is 2. The first-order chi connectivity index (χ1) is 10.1. The molecule has 0 aliphatic carbocycles. The molecule has 2 heterocycles. The molecule has 1 amide bonds. The fraction of sp³-hybridized carbons (Fsp3) is 0.438. The normalized spacial score (nSPS) is 18.9. The number of rotatable bonds is 3. The lowest BCUT2D eigenvalue weighted by Crippen LogP contribution is -2.46. The minimum absolute atomic E-state index is 0.000682. The SMILES string of the molecule is Cc1c(CNC(=O)C2CCCCN2)oc2ccc(F)cc12. The molecule has 2 aromatic rings. The lowest BCUT2D eigenvalue weighted by molar-refractivity contribution is -0.123. The maximum Gasteiger partial charge on any atom is 0.237 e. The van der Waals surface area contributed by atoms with Crippen molar-refractivity contribution in [2.24, 2.45) is 0 Å². The highest BCUT2D eigenvalue weighted by Gasteiger charge is 2.21. The van der Waals surface area contributed by atoms with Crippen molar-refractivity contribution < 1.29 is 13.6 Å². The Kier molecular flexibility index (Phi) is 3.92. The van der Waals surface area contributed by atoms with E-state index in [4.69, 9.17) is 4.42 Å². The van der Waals surface area contributed by atoms with Gasteiger partial charge in [0.25, 0.3) is 0 Å². The Hall–Kier alpha value is -1.88. The van der Waals surface area contributed by atoms with Gasteiger partial charge in [-0.3, -0.25) is 4.79 Å². The highest BCUT2D eigenvalue weighted by Crippen LogP contribution is 2.25. The van der Waals surface area contributed by atoms with E-state index in [0.29, 0.717) is 17.9 Å². The van der Waals surface area contributed by atoms with Crippen LogP contribution in [-0.2, 0) is 11.3 Å². The number of carbonyl (C=O) groups excluding carboxylic acids is 1. The van der Waals surface area contributed by atoms with Crippen LogP contribution in [-0.4, -0.2) is 18.5 Å². The topological polar surface area (TPSA) is 54.3 Å². The van der Waals surface area contributed by atoms with Gasteiger partial charge in [0.1, 0.15) is 17.2 Å². The number of piperidine rings is 1. The molecule has 112 valence electrons. The van der Waals surface area contributed by atoms with E-state index < -0.39 is 0 Å². The minimum Gasteiger partial charge on any atom is -0.459 e. The fourth-order valence-corrected chi connectivity index (χ4v) is 2.78. The van der Waals surface area contributed by atoms with Crippen LogP contribution in [0.4, 0.5) is 4.39 Å². The maximum absolute atomic E-state index is 13.3. The molecular weight excluding hydrogens is 271 g/mol. The second kappa shape index (κ2) is 5.85. The number of carbonyl (C=O) groups is 1. The molecule has 3 rings (SSSR count). The van der Waals surface area contributed by atoms with Crippen molar-refractivity contribution >= 4 is 16.9 Å². The predicted octanol–water partition coefficient (Wildman–Crippen LogP) is 2.64. The maximum atomic E-state index is 13.3. The predicted molar refractivity (Wildman–Crippen MR) is 78.4 cm³/mol. The zero-order valence-corrected chi connectivity index (χ0v) is 12.0. The molecule has 1 aromatic heterocycles. The third-order valence-electron chi connectivity index (χ3n) is 4.05. The summed E-state index contributed by atoms with van der Waals surface area (Å²) < 4.78 is 19.0. The molecule has 1 aliphatic heterocycles. The quantitative estimate of drug-likeness (QED) is 0.913. The molecule has 0 bridgehead atoms. The molecule has 4 nitrogen and oxygen atoms in total. The van der Waals surface area contributed by atoms with Crippen LogP contribution in [0.1, 0.15) is 30.6 Å². The Morgan fingerprint density at radius 2 is 2.33 bits per heavy atom. The van der Waals surface area contributed by atoms with Crippen LogP contribution in [0, 0.1) is 12.7 Å². The second-order valence-electron chi connectivity index (χ2n) is 5.51. The summed E-state index contributed by atoms with van der Waals surface area (Å²) in [5.74, 6) is 0.397. The first kappa shape index (κ1) is 14.1. The van der Waals surface area contributed by atoms with E-state index in [1.807, 2.05) is 6.92 Å². The van der Waals surface area contributed by atoms with E-state index >= 15 is 0 Å². The van der Waals surface area contributed by atoms with E-state index in [1.165, 1.54) is 12.1 Å². The van der Waals surface area contributed by atoms with Crippen LogP contribution in [0.2, 0.25) is 0 Å². The van der Waals surface area contributed by atoms with E-state index in [2.05, 4.69) is 10.6 Å². The minimum atomic E-state index is -0.284. The standard InChI is InChI=1S/C16H19FN2O2/c1-10-12-8-11(17)5-6-14(12)21-15(10)9-19-16(20)13-4-2-3-7-18-13/h5-6,8,13,18H,2-4,7,9H2,1H3,(H,19,20). The van der Waals surface area contributed by atoms with E-state index in [0.717, 1.165) is 36.8 Å². The Morgan fingerprint density at radius 1 is 1.48 bits per heavy atom. The van der Waals surface area contributed by atoms with Crippen molar-refractivity contribution in [2.45, 2.75) is 38.8 Å². The molecular formula is C16H19FN2O2. The summed E-state index contributed by atoms with van der Waals surface area (Å²) in [4.78, 5) is 12.1. The Bertz CT molecular complexity index is 660. The summed E-state index contributed by atoms with van der Waals surface area (Å²) in [6.07, 6.45) is 3.07. The van der Waals surface area contributed by atoms with Gasteiger partial charge in [-0.05, 0) is 44.5 Å². The van der Waals surface area contributed by atoms with Crippen molar-refractivity contribution in [3.05, 3.63) is 35.3 Å². The lowest BCUT2D eigenvalue weighted by Gasteiger charge is -2.22. The Labute approximate surface area is 122 Å². The van der Waals surface area contributed by atoms with Gasteiger partial charge in [-0.1, -0.05) is 6.42 Å². The van der Waals surface area contributed by atoms with Gasteiger partial charge in [0.15, 0.2) is 0 Å². The summed E-state index contributed by atoms with van der Waals surface area (Å²) in [6, 6.07) is 4.34. The van der Waals surface area contributed by atoms with Crippen molar-refractivity contribution in [2.75, 3.05) is 6.54 Å². The van der Waals surface area contributed by atoms with Crippen LogP contribution < -0.4 is 10.6 Å². The number of aryl methyl sites for hydroxylation is 1. The van der Waals surface area contributed by atoms with Gasteiger partial charge in [-0.25, -0.2) is 4.39 Å².